The molecule has 0 bridgehead atoms. The molecule has 0 saturated heterocycles. The van der Waals surface area contributed by atoms with Gasteiger partial charge in [0.05, 0.1) is 19.4 Å². The van der Waals surface area contributed by atoms with Crippen LogP contribution in [0.2, 0.25) is 0 Å². The van der Waals surface area contributed by atoms with Gasteiger partial charge in [-0.2, -0.15) is 5.10 Å². The van der Waals surface area contributed by atoms with E-state index in [1.807, 2.05) is 36.6 Å². The van der Waals surface area contributed by atoms with Crippen LogP contribution in [0.25, 0.3) is 22.0 Å². The van der Waals surface area contributed by atoms with Crippen molar-refractivity contribution in [1.29, 1.82) is 0 Å². The summed E-state index contributed by atoms with van der Waals surface area (Å²) < 4.78 is 17.7. The number of thiazole rings is 1. The molecule has 1 amide bonds. The maximum atomic E-state index is 12.3. The van der Waals surface area contributed by atoms with Crippen molar-refractivity contribution in [3.63, 3.8) is 0 Å². The van der Waals surface area contributed by atoms with E-state index >= 15 is 0 Å². The maximum absolute atomic E-state index is 12.3. The summed E-state index contributed by atoms with van der Waals surface area (Å²) >= 11 is 1.50. The number of methoxy groups -OCH3 is 1. The molecule has 2 heterocycles. The zero-order chi connectivity index (χ0) is 23.2. The van der Waals surface area contributed by atoms with Crippen LogP contribution in [-0.4, -0.2) is 41.0 Å². The summed E-state index contributed by atoms with van der Waals surface area (Å²) in [6.45, 7) is 2.47. The molecule has 8 nitrogen and oxygen atoms in total. The van der Waals surface area contributed by atoms with Gasteiger partial charge in [-0.3, -0.25) is 9.48 Å². The van der Waals surface area contributed by atoms with E-state index in [1.165, 1.54) is 11.3 Å². The molecule has 2 aromatic heterocycles. The lowest BCUT2D eigenvalue weighted by atomic mass is 10.2. The standard InChI is InChI=1S/C24H24N4O4S/c1-4-31-18-7-5-16(6-8-18)21-15-33-24(25-21)20-13-22(28(2)27-20)26-23(29)14-32-19-11-9-17(30-3)10-12-19/h5-13,15H,4,14H2,1-3H3,(H,26,29). The van der Waals surface area contributed by atoms with Crippen molar-refractivity contribution in [2.75, 3.05) is 25.6 Å². The number of rotatable bonds is 9. The molecule has 0 unspecified atom stereocenters. The number of aryl methyl sites for hydroxylation is 1. The van der Waals surface area contributed by atoms with E-state index in [4.69, 9.17) is 19.2 Å². The second-order valence-electron chi connectivity index (χ2n) is 7.05. The van der Waals surface area contributed by atoms with Crippen LogP contribution in [-0.2, 0) is 11.8 Å². The number of nitrogens with one attached hydrogen (secondary N) is 1. The Bertz CT molecular complexity index is 1220. The van der Waals surface area contributed by atoms with Crippen LogP contribution in [0.1, 0.15) is 6.92 Å². The van der Waals surface area contributed by atoms with Gasteiger partial charge in [-0.05, 0) is 55.5 Å². The van der Waals surface area contributed by atoms with Crippen LogP contribution < -0.4 is 19.5 Å². The highest BCUT2D eigenvalue weighted by Crippen LogP contribution is 2.30. The highest BCUT2D eigenvalue weighted by molar-refractivity contribution is 7.13. The van der Waals surface area contributed by atoms with Gasteiger partial charge >= 0.3 is 0 Å². The molecule has 33 heavy (non-hydrogen) atoms. The van der Waals surface area contributed by atoms with Gasteiger partial charge in [0.2, 0.25) is 0 Å². The first-order valence-corrected chi connectivity index (χ1v) is 11.2. The van der Waals surface area contributed by atoms with Crippen molar-refractivity contribution in [3.05, 3.63) is 60.0 Å². The monoisotopic (exact) mass is 464 g/mol. The average Bonchev–Trinajstić information content (AvgIpc) is 3.46. The fraction of sp³-hybridized carbons (Fsp3) is 0.208. The van der Waals surface area contributed by atoms with Crippen LogP contribution in [0.3, 0.4) is 0 Å². The first kappa shape index (κ1) is 22.3. The van der Waals surface area contributed by atoms with Crippen molar-refractivity contribution in [2.24, 2.45) is 7.05 Å². The molecule has 1 N–H and O–H groups in total. The number of carbonyl (C=O) groups excluding carboxylic acids is 1. The average molecular weight is 465 g/mol. The van der Waals surface area contributed by atoms with Gasteiger partial charge in [0.1, 0.15) is 33.8 Å². The van der Waals surface area contributed by atoms with Crippen molar-refractivity contribution in [1.82, 2.24) is 14.8 Å². The predicted molar refractivity (Wildman–Crippen MR) is 128 cm³/mol. The van der Waals surface area contributed by atoms with E-state index < -0.39 is 0 Å². The molecule has 0 aliphatic heterocycles. The summed E-state index contributed by atoms with van der Waals surface area (Å²) in [5.41, 5.74) is 2.55. The van der Waals surface area contributed by atoms with E-state index in [2.05, 4.69) is 10.4 Å². The Labute approximate surface area is 195 Å². The number of hydrogen-bond donors (Lipinski definition) is 1. The van der Waals surface area contributed by atoms with Gasteiger partial charge in [0.15, 0.2) is 6.61 Å². The van der Waals surface area contributed by atoms with Gasteiger partial charge in [-0.1, -0.05) is 0 Å². The minimum Gasteiger partial charge on any atom is -0.497 e. The smallest absolute Gasteiger partial charge is 0.263 e. The topological polar surface area (TPSA) is 87.5 Å². The first-order valence-electron chi connectivity index (χ1n) is 10.4. The number of hydrogen-bond acceptors (Lipinski definition) is 7. The molecule has 170 valence electrons. The molecule has 2 aromatic carbocycles. The van der Waals surface area contributed by atoms with Gasteiger partial charge in [-0.15, -0.1) is 11.3 Å². The van der Waals surface area contributed by atoms with E-state index in [9.17, 15) is 4.79 Å². The zero-order valence-corrected chi connectivity index (χ0v) is 19.4. The van der Waals surface area contributed by atoms with Crippen LogP contribution in [0.5, 0.6) is 17.2 Å². The summed E-state index contributed by atoms with van der Waals surface area (Å²) in [5.74, 6) is 2.42. The summed E-state index contributed by atoms with van der Waals surface area (Å²) in [7, 11) is 3.36. The number of anilines is 1. The summed E-state index contributed by atoms with van der Waals surface area (Å²) in [6, 6.07) is 16.7. The number of benzene rings is 2. The van der Waals surface area contributed by atoms with Crippen LogP contribution in [0.15, 0.2) is 60.0 Å². The van der Waals surface area contributed by atoms with E-state index in [0.29, 0.717) is 23.9 Å². The summed E-state index contributed by atoms with van der Waals surface area (Å²) in [4.78, 5) is 17.0. The van der Waals surface area contributed by atoms with Gasteiger partial charge in [-0.25, -0.2) is 4.98 Å². The summed E-state index contributed by atoms with van der Waals surface area (Å²) in [6.07, 6.45) is 0. The molecule has 9 heteroatoms. The zero-order valence-electron chi connectivity index (χ0n) is 18.6. The Hall–Kier alpha value is -3.85. The first-order chi connectivity index (χ1) is 16.1. The second-order valence-corrected chi connectivity index (χ2v) is 7.90. The molecule has 0 aliphatic rings. The fourth-order valence-corrected chi connectivity index (χ4v) is 3.88. The van der Waals surface area contributed by atoms with Gasteiger partial charge in [0, 0.05) is 24.1 Å². The Kier molecular flexibility index (Phi) is 6.89. The number of carbonyl (C=O) groups is 1. The third-order valence-corrected chi connectivity index (χ3v) is 5.63. The molecule has 0 saturated carbocycles. The molecule has 0 aliphatic carbocycles. The normalized spacial score (nSPS) is 10.6. The molecule has 4 aromatic rings. The van der Waals surface area contributed by atoms with Gasteiger partial charge < -0.3 is 19.5 Å². The molecule has 0 spiro atoms. The Balaban J connectivity index is 1.39. The maximum Gasteiger partial charge on any atom is 0.263 e. The third-order valence-electron chi connectivity index (χ3n) is 4.76. The minimum atomic E-state index is -0.283. The molecule has 0 radical (unpaired) electrons. The second kappa shape index (κ2) is 10.2. The highest BCUT2D eigenvalue weighted by atomic mass is 32.1. The number of ether oxygens (including phenoxy) is 3. The highest BCUT2D eigenvalue weighted by Gasteiger charge is 2.14. The van der Waals surface area contributed by atoms with E-state index in [0.717, 1.165) is 27.8 Å². The SMILES string of the molecule is CCOc1ccc(-c2csc(-c3cc(NC(=O)COc4ccc(OC)cc4)n(C)n3)n2)cc1. The van der Waals surface area contributed by atoms with Crippen molar-refractivity contribution >= 4 is 23.1 Å². The number of amides is 1. The molecular formula is C24H24N4O4S. The molecule has 0 atom stereocenters. The number of nitrogens with zero attached hydrogens (tertiary/aromatic N) is 3. The lowest BCUT2D eigenvalue weighted by Gasteiger charge is -2.08. The number of aromatic nitrogens is 3. The fourth-order valence-electron chi connectivity index (χ4n) is 3.10. The quantitative estimate of drug-likeness (QED) is 0.388. The van der Waals surface area contributed by atoms with Gasteiger partial charge in [0.25, 0.3) is 5.91 Å². The van der Waals surface area contributed by atoms with E-state index in [1.54, 1.807) is 49.2 Å². The molecular weight excluding hydrogens is 440 g/mol. The van der Waals surface area contributed by atoms with Crippen molar-refractivity contribution < 1.29 is 19.0 Å². The van der Waals surface area contributed by atoms with Crippen LogP contribution in [0.4, 0.5) is 5.82 Å². The molecule has 4 rings (SSSR count). The lowest BCUT2D eigenvalue weighted by Crippen LogP contribution is -2.21. The van der Waals surface area contributed by atoms with Crippen LogP contribution >= 0.6 is 11.3 Å². The predicted octanol–water partition coefficient (Wildman–Crippen LogP) is 4.64. The Morgan fingerprint density at radius 2 is 1.67 bits per heavy atom. The molecule has 0 fully saturated rings. The minimum absolute atomic E-state index is 0.119. The lowest BCUT2D eigenvalue weighted by molar-refractivity contribution is -0.118. The van der Waals surface area contributed by atoms with Crippen molar-refractivity contribution in [3.8, 4) is 39.2 Å². The third kappa shape index (κ3) is 5.50. The Morgan fingerprint density at radius 1 is 1.00 bits per heavy atom. The largest absolute Gasteiger partial charge is 0.497 e. The summed E-state index contributed by atoms with van der Waals surface area (Å²) in [5, 5.41) is 10.1. The van der Waals surface area contributed by atoms with Crippen LogP contribution in [0, 0.1) is 0 Å². The Morgan fingerprint density at radius 3 is 2.36 bits per heavy atom. The van der Waals surface area contributed by atoms with Crippen molar-refractivity contribution in [2.45, 2.75) is 6.92 Å². The van der Waals surface area contributed by atoms with E-state index in [-0.39, 0.29) is 12.5 Å².